The monoisotopic (exact) mass is 276 g/mol. The van der Waals surface area contributed by atoms with Crippen molar-refractivity contribution in [2.75, 3.05) is 0 Å². The lowest BCUT2D eigenvalue weighted by Crippen LogP contribution is -2.31. The molecule has 110 valence electrons. The van der Waals surface area contributed by atoms with Crippen LogP contribution in [0.1, 0.15) is 63.4 Å². The van der Waals surface area contributed by atoms with Crippen LogP contribution in [0.5, 0.6) is 0 Å². The lowest BCUT2D eigenvalue weighted by molar-refractivity contribution is -0.157. The van der Waals surface area contributed by atoms with Gasteiger partial charge in [-0.3, -0.25) is 9.59 Å². The first kappa shape index (κ1) is 16.4. The van der Waals surface area contributed by atoms with Crippen LogP contribution in [-0.2, 0) is 9.53 Å². The molecule has 0 spiro atoms. The van der Waals surface area contributed by atoms with Gasteiger partial charge in [-0.05, 0) is 39.2 Å². The van der Waals surface area contributed by atoms with Gasteiger partial charge >= 0.3 is 5.97 Å². The fraction of sp³-hybridized carbons (Fsp3) is 0.529. The van der Waals surface area contributed by atoms with Crippen molar-refractivity contribution in [1.82, 2.24) is 0 Å². The molecule has 0 aliphatic heterocycles. The average Bonchev–Trinajstić information content (AvgIpc) is 2.35. The van der Waals surface area contributed by atoms with Gasteiger partial charge in [-0.15, -0.1) is 0 Å². The summed E-state index contributed by atoms with van der Waals surface area (Å²) in [7, 11) is 0. The number of ether oxygens (including phenoxy) is 1. The summed E-state index contributed by atoms with van der Waals surface area (Å²) in [6.07, 6.45) is 0. The minimum Gasteiger partial charge on any atom is -0.459 e. The zero-order valence-electron chi connectivity index (χ0n) is 13.2. The molecule has 0 aliphatic rings. The van der Waals surface area contributed by atoms with Gasteiger partial charge in [0.25, 0.3) is 0 Å². The summed E-state index contributed by atoms with van der Waals surface area (Å²) in [6.45, 7) is 11.2. The first-order chi connectivity index (χ1) is 9.11. The van der Waals surface area contributed by atoms with Crippen LogP contribution in [0, 0.1) is 5.92 Å². The van der Waals surface area contributed by atoms with E-state index in [1.807, 2.05) is 12.1 Å². The summed E-state index contributed by atoms with van der Waals surface area (Å²) in [5.74, 6) is -1.04. The highest BCUT2D eigenvalue weighted by Gasteiger charge is 2.27. The van der Waals surface area contributed by atoms with Crippen molar-refractivity contribution in [1.29, 1.82) is 0 Å². The molecule has 0 N–H and O–H groups in total. The Bertz CT molecular complexity index is 478. The molecule has 3 nitrogen and oxygen atoms in total. The quantitative estimate of drug-likeness (QED) is 0.475. The highest BCUT2D eigenvalue weighted by Crippen LogP contribution is 2.18. The second kappa shape index (κ2) is 6.21. The molecule has 3 heteroatoms. The van der Waals surface area contributed by atoms with E-state index in [0.717, 1.165) is 0 Å². The summed E-state index contributed by atoms with van der Waals surface area (Å²) in [5, 5.41) is 0. The van der Waals surface area contributed by atoms with Gasteiger partial charge in [-0.2, -0.15) is 0 Å². The van der Waals surface area contributed by atoms with E-state index < -0.39 is 17.5 Å². The third-order valence-corrected chi connectivity index (χ3v) is 3.02. The molecular formula is C17H24O3. The lowest BCUT2D eigenvalue weighted by Gasteiger charge is -2.21. The van der Waals surface area contributed by atoms with Crippen LogP contribution in [0.2, 0.25) is 0 Å². The maximum Gasteiger partial charge on any atom is 0.317 e. The van der Waals surface area contributed by atoms with Crippen LogP contribution in [-0.4, -0.2) is 17.4 Å². The Hall–Kier alpha value is -1.64. The molecule has 1 aromatic carbocycles. The summed E-state index contributed by atoms with van der Waals surface area (Å²) < 4.78 is 5.24. The molecule has 0 saturated heterocycles. The van der Waals surface area contributed by atoms with Crippen LogP contribution in [0.15, 0.2) is 24.3 Å². The molecule has 0 aromatic heterocycles. The Morgan fingerprint density at radius 1 is 1.00 bits per heavy atom. The second-order valence-corrected chi connectivity index (χ2v) is 6.40. The molecule has 0 fully saturated rings. The summed E-state index contributed by atoms with van der Waals surface area (Å²) in [6, 6.07) is 7.41. The maximum atomic E-state index is 12.3. The third kappa shape index (κ3) is 4.48. The Morgan fingerprint density at radius 3 is 1.90 bits per heavy atom. The molecule has 0 amide bonds. The summed E-state index contributed by atoms with van der Waals surface area (Å²) in [5.41, 5.74) is 1.15. The molecule has 0 saturated carbocycles. The van der Waals surface area contributed by atoms with Crippen LogP contribution in [0.4, 0.5) is 0 Å². The fourth-order valence-electron chi connectivity index (χ4n) is 1.78. The highest BCUT2D eigenvalue weighted by atomic mass is 16.6. The number of carbonyl (C=O) groups is 2. The largest absolute Gasteiger partial charge is 0.459 e. The molecule has 0 bridgehead atoms. The number of carbonyl (C=O) groups excluding carboxylic acids is 2. The zero-order valence-corrected chi connectivity index (χ0v) is 13.2. The predicted molar refractivity (Wildman–Crippen MR) is 79.9 cm³/mol. The van der Waals surface area contributed by atoms with Crippen molar-refractivity contribution in [3.63, 3.8) is 0 Å². The molecule has 0 heterocycles. The van der Waals surface area contributed by atoms with E-state index in [4.69, 9.17) is 4.74 Å². The van der Waals surface area contributed by atoms with Gasteiger partial charge in [0, 0.05) is 5.56 Å². The topological polar surface area (TPSA) is 43.4 Å². The van der Waals surface area contributed by atoms with E-state index >= 15 is 0 Å². The molecule has 1 aromatic rings. The van der Waals surface area contributed by atoms with Crippen molar-refractivity contribution in [2.24, 2.45) is 5.92 Å². The molecule has 1 rings (SSSR count). The highest BCUT2D eigenvalue weighted by molar-refractivity contribution is 6.08. The predicted octanol–water partition coefficient (Wildman–Crippen LogP) is 3.97. The normalized spacial score (nSPS) is 13.2. The van der Waals surface area contributed by atoms with Gasteiger partial charge in [-0.25, -0.2) is 0 Å². The number of Topliss-reactive ketones (excluding diaryl/α,β-unsaturated/α-hetero) is 1. The van der Waals surface area contributed by atoms with Crippen molar-refractivity contribution < 1.29 is 14.3 Å². The molecular weight excluding hydrogens is 252 g/mol. The molecule has 0 radical (unpaired) electrons. The van der Waals surface area contributed by atoms with E-state index in [9.17, 15) is 9.59 Å². The first-order valence-electron chi connectivity index (χ1n) is 6.99. The van der Waals surface area contributed by atoms with Gasteiger partial charge in [0.15, 0.2) is 5.78 Å². The van der Waals surface area contributed by atoms with E-state index in [1.54, 1.807) is 39.8 Å². The summed E-state index contributed by atoms with van der Waals surface area (Å²) >= 11 is 0. The fourth-order valence-corrected chi connectivity index (χ4v) is 1.78. The number of hydrogen-bond donors (Lipinski definition) is 0. The Kier molecular flexibility index (Phi) is 5.09. The van der Waals surface area contributed by atoms with Crippen molar-refractivity contribution in [2.45, 2.75) is 53.1 Å². The van der Waals surface area contributed by atoms with Gasteiger partial charge in [-0.1, -0.05) is 38.1 Å². The molecule has 1 unspecified atom stereocenters. The number of rotatable bonds is 4. The average molecular weight is 276 g/mol. The van der Waals surface area contributed by atoms with Crippen LogP contribution < -0.4 is 0 Å². The molecule has 20 heavy (non-hydrogen) atoms. The third-order valence-electron chi connectivity index (χ3n) is 3.02. The second-order valence-electron chi connectivity index (χ2n) is 6.40. The van der Waals surface area contributed by atoms with Crippen molar-refractivity contribution >= 4 is 11.8 Å². The van der Waals surface area contributed by atoms with Gasteiger partial charge in [0.2, 0.25) is 0 Å². The number of ketones is 1. The van der Waals surface area contributed by atoms with Crippen molar-refractivity contribution in [3.8, 4) is 0 Å². The van der Waals surface area contributed by atoms with Crippen LogP contribution >= 0.6 is 0 Å². The minimum atomic E-state index is -0.779. The maximum absolute atomic E-state index is 12.3. The minimum absolute atomic E-state index is 0.199. The number of hydrogen-bond acceptors (Lipinski definition) is 3. The van der Waals surface area contributed by atoms with Gasteiger partial charge in [0.05, 0.1) is 0 Å². The van der Waals surface area contributed by atoms with Crippen LogP contribution in [0.3, 0.4) is 0 Å². The Balaban J connectivity index is 2.81. The zero-order chi connectivity index (χ0) is 15.5. The smallest absolute Gasteiger partial charge is 0.317 e. The van der Waals surface area contributed by atoms with Crippen LogP contribution in [0.25, 0.3) is 0 Å². The lowest BCUT2D eigenvalue weighted by atomic mass is 9.96. The van der Waals surface area contributed by atoms with E-state index in [2.05, 4.69) is 13.8 Å². The molecule has 1 atom stereocenters. The van der Waals surface area contributed by atoms with Gasteiger partial charge < -0.3 is 4.74 Å². The van der Waals surface area contributed by atoms with Crippen molar-refractivity contribution in [3.05, 3.63) is 35.4 Å². The van der Waals surface area contributed by atoms with E-state index in [1.165, 1.54) is 5.56 Å². The number of benzene rings is 1. The Morgan fingerprint density at radius 2 is 1.50 bits per heavy atom. The van der Waals surface area contributed by atoms with Gasteiger partial charge in [0.1, 0.15) is 11.5 Å². The molecule has 0 aliphatic carbocycles. The summed E-state index contributed by atoms with van der Waals surface area (Å²) in [4.78, 5) is 24.2. The van der Waals surface area contributed by atoms with E-state index in [0.29, 0.717) is 11.5 Å². The standard InChI is InChI=1S/C17H24O3/c1-11(2)13-7-9-14(10-8-13)15(18)12(3)16(19)20-17(4,5)6/h7-12H,1-6H3. The first-order valence-corrected chi connectivity index (χ1v) is 6.99. The number of esters is 1. The SMILES string of the molecule is CC(C(=O)OC(C)(C)C)C(=O)c1ccc(C(C)C)cc1. The van der Waals surface area contributed by atoms with E-state index in [-0.39, 0.29) is 5.78 Å². The Labute approximate surface area is 121 Å².